The Bertz CT molecular complexity index is 203. The minimum absolute atomic E-state index is 0.382. The number of carbonyl (C=O) groups is 2. The molecule has 0 saturated carbocycles. The van der Waals surface area contributed by atoms with E-state index < -0.39 is 18.0 Å². The van der Waals surface area contributed by atoms with E-state index in [2.05, 4.69) is 5.32 Å². The molecule has 0 heterocycles. The first-order chi connectivity index (χ1) is 6.43. The summed E-state index contributed by atoms with van der Waals surface area (Å²) in [7, 11) is 0. The highest BCUT2D eigenvalue weighted by atomic mass is 16.4. The second kappa shape index (κ2) is 6.37. The molecule has 14 heavy (non-hydrogen) atoms. The van der Waals surface area contributed by atoms with Gasteiger partial charge >= 0.3 is 11.9 Å². The first-order valence-electron chi connectivity index (χ1n) is 4.61. The monoisotopic (exact) mass is 203 g/mol. The van der Waals surface area contributed by atoms with Crippen LogP contribution in [0.25, 0.3) is 0 Å². The van der Waals surface area contributed by atoms with E-state index in [0.717, 1.165) is 6.42 Å². The predicted octanol–water partition coefficient (Wildman–Crippen LogP) is 0.550. The maximum Gasteiger partial charge on any atom is 0.321 e. The van der Waals surface area contributed by atoms with Crippen molar-refractivity contribution in [3.63, 3.8) is 0 Å². The van der Waals surface area contributed by atoms with Crippen molar-refractivity contribution in [3.05, 3.63) is 0 Å². The SMILES string of the molecule is CC(C)CCN[C@@H](CC(=O)O)C(=O)O. The summed E-state index contributed by atoms with van der Waals surface area (Å²) in [6.45, 7) is 4.57. The molecule has 0 aromatic rings. The number of nitrogens with one attached hydrogen (secondary N) is 1. The molecule has 0 aliphatic rings. The topological polar surface area (TPSA) is 86.6 Å². The third kappa shape index (κ3) is 6.42. The van der Waals surface area contributed by atoms with E-state index >= 15 is 0 Å². The standard InChI is InChI=1S/C9H17NO4/c1-6(2)3-4-10-7(9(13)14)5-8(11)12/h6-7,10H,3-5H2,1-2H3,(H,11,12)(H,13,14)/t7-/m0/s1. The maximum atomic E-state index is 10.6. The van der Waals surface area contributed by atoms with Gasteiger partial charge in [-0.05, 0) is 18.9 Å². The highest BCUT2D eigenvalue weighted by molar-refractivity contribution is 5.80. The molecule has 82 valence electrons. The molecule has 0 spiro atoms. The Morgan fingerprint density at radius 2 is 1.86 bits per heavy atom. The van der Waals surface area contributed by atoms with Crippen LogP contribution in [0.3, 0.4) is 0 Å². The fourth-order valence-corrected chi connectivity index (χ4v) is 0.968. The number of rotatable bonds is 7. The summed E-state index contributed by atoms with van der Waals surface area (Å²) in [6, 6.07) is -0.980. The molecule has 3 N–H and O–H groups in total. The Hall–Kier alpha value is -1.10. The highest BCUT2D eigenvalue weighted by Gasteiger charge is 2.19. The average molecular weight is 203 g/mol. The highest BCUT2D eigenvalue weighted by Crippen LogP contribution is 1.99. The van der Waals surface area contributed by atoms with E-state index in [1.807, 2.05) is 13.8 Å². The number of hydrogen-bond acceptors (Lipinski definition) is 3. The van der Waals surface area contributed by atoms with E-state index in [-0.39, 0.29) is 6.42 Å². The zero-order chi connectivity index (χ0) is 11.1. The van der Waals surface area contributed by atoms with Crippen molar-refractivity contribution >= 4 is 11.9 Å². The van der Waals surface area contributed by atoms with Crippen LogP contribution >= 0.6 is 0 Å². The van der Waals surface area contributed by atoms with Gasteiger partial charge in [0.2, 0.25) is 0 Å². The van der Waals surface area contributed by atoms with Crippen LogP contribution in [0.15, 0.2) is 0 Å². The zero-order valence-electron chi connectivity index (χ0n) is 8.49. The van der Waals surface area contributed by atoms with Crippen molar-refractivity contribution in [1.82, 2.24) is 5.32 Å². The molecule has 0 aliphatic carbocycles. The van der Waals surface area contributed by atoms with Gasteiger partial charge < -0.3 is 15.5 Å². The molecule has 0 aromatic heterocycles. The van der Waals surface area contributed by atoms with Crippen LogP contribution in [-0.2, 0) is 9.59 Å². The van der Waals surface area contributed by atoms with Crippen LogP contribution in [-0.4, -0.2) is 34.7 Å². The van der Waals surface area contributed by atoms with Crippen LogP contribution in [0.5, 0.6) is 0 Å². The van der Waals surface area contributed by atoms with Gasteiger partial charge in [-0.25, -0.2) is 0 Å². The van der Waals surface area contributed by atoms with Gasteiger partial charge in [-0.15, -0.1) is 0 Å². The van der Waals surface area contributed by atoms with Crippen LogP contribution in [0, 0.1) is 5.92 Å². The van der Waals surface area contributed by atoms with Gasteiger partial charge in [0.1, 0.15) is 6.04 Å². The van der Waals surface area contributed by atoms with Gasteiger partial charge in [0.05, 0.1) is 6.42 Å². The summed E-state index contributed by atoms with van der Waals surface area (Å²) in [5.74, 6) is -1.74. The molecule has 0 unspecified atom stereocenters. The van der Waals surface area contributed by atoms with Crippen LogP contribution in [0.4, 0.5) is 0 Å². The Morgan fingerprint density at radius 3 is 2.21 bits per heavy atom. The quantitative estimate of drug-likeness (QED) is 0.562. The van der Waals surface area contributed by atoms with Gasteiger partial charge in [0.25, 0.3) is 0 Å². The molecule has 0 fully saturated rings. The van der Waals surface area contributed by atoms with Gasteiger partial charge in [-0.3, -0.25) is 9.59 Å². The smallest absolute Gasteiger partial charge is 0.321 e. The molecule has 0 saturated heterocycles. The number of aliphatic carboxylic acids is 2. The minimum atomic E-state index is -1.11. The van der Waals surface area contributed by atoms with Crippen molar-refractivity contribution in [3.8, 4) is 0 Å². The third-order valence-electron chi connectivity index (χ3n) is 1.79. The molecule has 0 rings (SSSR count). The largest absolute Gasteiger partial charge is 0.481 e. The summed E-state index contributed by atoms with van der Waals surface area (Å²) in [5, 5.41) is 19.8. The van der Waals surface area contributed by atoms with E-state index in [9.17, 15) is 9.59 Å². The van der Waals surface area contributed by atoms with E-state index in [0.29, 0.717) is 12.5 Å². The second-order valence-corrected chi connectivity index (χ2v) is 3.63. The Labute approximate surface area is 83.1 Å². The zero-order valence-corrected chi connectivity index (χ0v) is 8.49. The Morgan fingerprint density at radius 1 is 1.29 bits per heavy atom. The van der Waals surface area contributed by atoms with Gasteiger partial charge in [0.15, 0.2) is 0 Å². The van der Waals surface area contributed by atoms with Crippen molar-refractivity contribution in [2.75, 3.05) is 6.54 Å². The number of hydrogen-bond donors (Lipinski definition) is 3. The summed E-state index contributed by atoms with van der Waals surface area (Å²) < 4.78 is 0. The van der Waals surface area contributed by atoms with Crippen molar-refractivity contribution < 1.29 is 19.8 Å². The average Bonchev–Trinajstić information content (AvgIpc) is 2.00. The molecule has 5 nitrogen and oxygen atoms in total. The van der Waals surface area contributed by atoms with Crippen LogP contribution in [0.2, 0.25) is 0 Å². The van der Waals surface area contributed by atoms with Crippen LogP contribution < -0.4 is 5.32 Å². The van der Waals surface area contributed by atoms with Crippen molar-refractivity contribution in [1.29, 1.82) is 0 Å². The fourth-order valence-electron chi connectivity index (χ4n) is 0.968. The van der Waals surface area contributed by atoms with Gasteiger partial charge in [-0.2, -0.15) is 0 Å². The van der Waals surface area contributed by atoms with Gasteiger partial charge in [0, 0.05) is 0 Å². The summed E-state index contributed by atoms with van der Waals surface area (Å²) in [5.41, 5.74) is 0. The molecule has 0 aliphatic heterocycles. The summed E-state index contributed by atoms with van der Waals surface area (Å²) in [6.07, 6.45) is 0.455. The maximum absolute atomic E-state index is 10.6. The molecule has 0 bridgehead atoms. The minimum Gasteiger partial charge on any atom is -0.481 e. The van der Waals surface area contributed by atoms with Crippen molar-refractivity contribution in [2.24, 2.45) is 5.92 Å². The number of carboxylic acids is 2. The molecular formula is C9H17NO4. The van der Waals surface area contributed by atoms with E-state index in [4.69, 9.17) is 10.2 Å². The van der Waals surface area contributed by atoms with Crippen molar-refractivity contribution in [2.45, 2.75) is 32.7 Å². The predicted molar refractivity (Wildman–Crippen MR) is 51.1 cm³/mol. The second-order valence-electron chi connectivity index (χ2n) is 3.63. The number of carboxylic acid groups (broad SMARTS) is 2. The Balaban J connectivity index is 3.86. The molecule has 0 aromatic carbocycles. The molecule has 1 atom stereocenters. The third-order valence-corrected chi connectivity index (χ3v) is 1.79. The molecule has 0 radical (unpaired) electrons. The first-order valence-corrected chi connectivity index (χ1v) is 4.61. The molecule has 0 amide bonds. The van der Waals surface area contributed by atoms with Gasteiger partial charge in [-0.1, -0.05) is 13.8 Å². The van der Waals surface area contributed by atoms with E-state index in [1.54, 1.807) is 0 Å². The van der Waals surface area contributed by atoms with Crippen LogP contribution in [0.1, 0.15) is 26.7 Å². The lowest BCUT2D eigenvalue weighted by atomic mass is 10.1. The van der Waals surface area contributed by atoms with E-state index in [1.165, 1.54) is 0 Å². The lowest BCUT2D eigenvalue weighted by Crippen LogP contribution is -2.39. The summed E-state index contributed by atoms with van der Waals surface area (Å²) in [4.78, 5) is 20.9. The first kappa shape index (κ1) is 12.9. The lowest BCUT2D eigenvalue weighted by Gasteiger charge is -2.12. The molecular weight excluding hydrogens is 186 g/mol. The summed E-state index contributed by atoms with van der Waals surface area (Å²) >= 11 is 0. The molecule has 5 heteroatoms. The normalized spacial score (nSPS) is 12.8. The Kier molecular flexibility index (Phi) is 5.87. The fraction of sp³-hybridized carbons (Fsp3) is 0.778. The lowest BCUT2D eigenvalue weighted by molar-refractivity contribution is -0.145.